The number of hydrogen-bond acceptors (Lipinski definition) is 3. The van der Waals surface area contributed by atoms with Gasteiger partial charge in [0.1, 0.15) is 0 Å². The number of alkyl halides is 4. The van der Waals surface area contributed by atoms with Gasteiger partial charge in [-0.25, -0.2) is 0 Å². The van der Waals surface area contributed by atoms with Gasteiger partial charge in [-0.15, -0.1) is 21.8 Å². The van der Waals surface area contributed by atoms with E-state index >= 15 is 0 Å². The second-order valence-electron chi connectivity index (χ2n) is 4.32. The topological polar surface area (TPSA) is 43.1 Å². The van der Waals surface area contributed by atoms with Crippen LogP contribution in [-0.2, 0) is 12.1 Å². The third-order valence-corrected chi connectivity index (χ3v) is 3.17. The molecule has 0 bridgehead atoms. The molecule has 0 aliphatic rings. The molecule has 0 spiro atoms. The predicted molar refractivity (Wildman–Crippen MR) is 70.8 cm³/mol. The summed E-state index contributed by atoms with van der Waals surface area (Å²) in [4.78, 5) is 0. The summed E-state index contributed by atoms with van der Waals surface area (Å²) in [6, 6.07) is 8.21. The van der Waals surface area contributed by atoms with Crippen molar-refractivity contribution in [2.75, 3.05) is 0 Å². The molecule has 1 aromatic carbocycles. The van der Waals surface area contributed by atoms with Gasteiger partial charge in [0.15, 0.2) is 11.5 Å². The number of nitrogens with zero attached hydrogens (tertiary/aromatic N) is 4. The summed E-state index contributed by atoms with van der Waals surface area (Å²) in [5, 5.41) is 12.0. The van der Waals surface area contributed by atoms with Crippen molar-refractivity contribution in [3.05, 3.63) is 47.8 Å². The average molecular weight is 313 g/mol. The highest BCUT2D eigenvalue weighted by Gasteiger charge is 2.30. The molecule has 2 aromatic heterocycles. The largest absolute Gasteiger partial charge is 0.416 e. The Balaban J connectivity index is 2.12. The van der Waals surface area contributed by atoms with Crippen LogP contribution in [-0.4, -0.2) is 19.8 Å². The maximum Gasteiger partial charge on any atom is 0.416 e. The van der Waals surface area contributed by atoms with E-state index in [2.05, 4.69) is 15.3 Å². The molecule has 0 N–H and O–H groups in total. The molecule has 8 heteroatoms. The number of hydrogen-bond donors (Lipinski definition) is 0. The number of rotatable bonds is 2. The zero-order valence-electron chi connectivity index (χ0n) is 10.5. The minimum Gasteiger partial charge on any atom is -0.196 e. The molecule has 0 saturated carbocycles. The minimum absolute atomic E-state index is 0.111. The number of fused-ring (bicyclic) bond motifs is 1. The minimum atomic E-state index is -4.39. The van der Waals surface area contributed by atoms with Crippen molar-refractivity contribution in [1.82, 2.24) is 19.8 Å². The van der Waals surface area contributed by atoms with Gasteiger partial charge in [0.2, 0.25) is 0 Å². The van der Waals surface area contributed by atoms with Crippen molar-refractivity contribution >= 4 is 17.2 Å². The molecule has 108 valence electrons. The quantitative estimate of drug-likeness (QED) is 0.680. The van der Waals surface area contributed by atoms with Crippen molar-refractivity contribution < 1.29 is 13.2 Å². The molecule has 0 saturated heterocycles. The van der Waals surface area contributed by atoms with E-state index in [1.807, 2.05) is 0 Å². The monoisotopic (exact) mass is 312 g/mol. The molecule has 21 heavy (non-hydrogen) atoms. The van der Waals surface area contributed by atoms with Crippen molar-refractivity contribution in [3.63, 3.8) is 0 Å². The van der Waals surface area contributed by atoms with Gasteiger partial charge in [-0.05, 0) is 24.3 Å². The first-order valence-electron chi connectivity index (χ1n) is 5.94. The lowest BCUT2D eigenvalue weighted by Crippen LogP contribution is -2.05. The summed E-state index contributed by atoms with van der Waals surface area (Å²) < 4.78 is 39.6. The molecule has 0 amide bonds. The normalized spacial score (nSPS) is 12.0. The molecule has 0 aliphatic heterocycles. The van der Waals surface area contributed by atoms with Crippen LogP contribution in [0.15, 0.2) is 36.4 Å². The smallest absolute Gasteiger partial charge is 0.196 e. The van der Waals surface area contributed by atoms with Gasteiger partial charge in [-0.3, -0.25) is 0 Å². The van der Waals surface area contributed by atoms with Gasteiger partial charge < -0.3 is 0 Å². The Bertz CT molecular complexity index is 797. The zero-order valence-corrected chi connectivity index (χ0v) is 11.2. The van der Waals surface area contributed by atoms with Crippen molar-refractivity contribution in [3.8, 4) is 11.3 Å². The predicted octanol–water partition coefficient (Wildman–Crippen LogP) is 3.55. The molecular formula is C13H8ClF3N4. The van der Waals surface area contributed by atoms with Crippen molar-refractivity contribution in [2.24, 2.45) is 0 Å². The maximum absolute atomic E-state index is 12.7. The molecule has 0 atom stereocenters. The van der Waals surface area contributed by atoms with Crippen LogP contribution in [0, 0.1) is 0 Å². The lowest BCUT2D eigenvalue weighted by atomic mass is 10.1. The second-order valence-corrected chi connectivity index (χ2v) is 4.58. The lowest BCUT2D eigenvalue weighted by Gasteiger charge is -2.08. The van der Waals surface area contributed by atoms with Gasteiger partial charge in [0.05, 0.1) is 17.1 Å². The van der Waals surface area contributed by atoms with Crippen LogP contribution in [0.4, 0.5) is 13.2 Å². The summed E-state index contributed by atoms with van der Waals surface area (Å²) in [6.07, 6.45) is -4.39. The summed E-state index contributed by atoms with van der Waals surface area (Å²) in [5.74, 6) is 0.542. The summed E-state index contributed by atoms with van der Waals surface area (Å²) in [5.41, 5.74) is 0.519. The highest BCUT2D eigenvalue weighted by molar-refractivity contribution is 6.16. The Morgan fingerprint density at radius 1 is 1.10 bits per heavy atom. The molecule has 0 aliphatic carbocycles. The zero-order chi connectivity index (χ0) is 15.0. The highest BCUT2D eigenvalue weighted by Crippen LogP contribution is 2.31. The highest BCUT2D eigenvalue weighted by atomic mass is 35.5. The Morgan fingerprint density at radius 3 is 2.62 bits per heavy atom. The van der Waals surface area contributed by atoms with Gasteiger partial charge in [0, 0.05) is 5.56 Å². The van der Waals surface area contributed by atoms with E-state index in [0.29, 0.717) is 22.7 Å². The Morgan fingerprint density at radius 2 is 1.90 bits per heavy atom. The van der Waals surface area contributed by atoms with Crippen LogP contribution in [0.2, 0.25) is 0 Å². The first-order valence-corrected chi connectivity index (χ1v) is 6.47. The van der Waals surface area contributed by atoms with Crippen LogP contribution in [0.25, 0.3) is 16.9 Å². The van der Waals surface area contributed by atoms with E-state index in [-0.39, 0.29) is 5.88 Å². The van der Waals surface area contributed by atoms with Gasteiger partial charge in [0.25, 0.3) is 0 Å². The van der Waals surface area contributed by atoms with Crippen LogP contribution < -0.4 is 0 Å². The standard InChI is InChI=1S/C13H8ClF3N4/c14-7-12-19-18-11-5-4-10(20-21(11)12)8-2-1-3-9(6-8)13(15,16)17/h1-6H,7H2. The van der Waals surface area contributed by atoms with Crippen LogP contribution in [0.5, 0.6) is 0 Å². The van der Waals surface area contributed by atoms with Gasteiger partial charge in [-0.2, -0.15) is 22.8 Å². The Kier molecular flexibility index (Phi) is 3.29. The maximum atomic E-state index is 12.7. The van der Waals surface area contributed by atoms with Crippen molar-refractivity contribution in [1.29, 1.82) is 0 Å². The molecule has 0 radical (unpaired) electrons. The molecule has 0 fully saturated rings. The third-order valence-electron chi connectivity index (χ3n) is 2.93. The summed E-state index contributed by atoms with van der Waals surface area (Å²) >= 11 is 5.72. The van der Waals surface area contributed by atoms with E-state index in [1.54, 1.807) is 18.2 Å². The summed E-state index contributed by atoms with van der Waals surface area (Å²) in [6.45, 7) is 0. The molecule has 4 nitrogen and oxygen atoms in total. The van der Waals surface area contributed by atoms with Crippen LogP contribution in [0.1, 0.15) is 11.4 Å². The number of aromatic nitrogens is 4. The van der Waals surface area contributed by atoms with E-state index in [4.69, 9.17) is 11.6 Å². The number of benzene rings is 1. The SMILES string of the molecule is FC(F)(F)c1cccc(-c2ccc3nnc(CCl)n3n2)c1. The van der Waals surface area contributed by atoms with Crippen LogP contribution >= 0.6 is 11.6 Å². The Labute approximate surface area is 122 Å². The average Bonchev–Trinajstić information content (AvgIpc) is 2.88. The molecule has 0 unspecified atom stereocenters. The molecule has 2 heterocycles. The van der Waals surface area contributed by atoms with E-state index in [0.717, 1.165) is 12.1 Å². The van der Waals surface area contributed by atoms with Crippen molar-refractivity contribution in [2.45, 2.75) is 12.1 Å². The first kappa shape index (κ1) is 13.8. The first-order chi connectivity index (χ1) is 9.99. The lowest BCUT2D eigenvalue weighted by molar-refractivity contribution is -0.137. The summed E-state index contributed by atoms with van der Waals surface area (Å²) in [7, 11) is 0. The molecule has 3 rings (SSSR count). The molecular weight excluding hydrogens is 305 g/mol. The van der Waals surface area contributed by atoms with E-state index < -0.39 is 11.7 Å². The fourth-order valence-corrected chi connectivity index (χ4v) is 2.09. The number of halogens is 4. The van der Waals surface area contributed by atoms with E-state index in [9.17, 15) is 13.2 Å². The van der Waals surface area contributed by atoms with E-state index in [1.165, 1.54) is 10.6 Å². The fourth-order valence-electron chi connectivity index (χ4n) is 1.93. The third kappa shape index (κ3) is 2.56. The molecule has 3 aromatic rings. The van der Waals surface area contributed by atoms with Gasteiger partial charge >= 0.3 is 6.18 Å². The van der Waals surface area contributed by atoms with Crippen LogP contribution in [0.3, 0.4) is 0 Å². The fraction of sp³-hybridized carbons (Fsp3) is 0.154. The van der Waals surface area contributed by atoms with Gasteiger partial charge in [-0.1, -0.05) is 12.1 Å². The Hall–Kier alpha value is -2.15. The second kappa shape index (κ2) is 5.00.